The standard InChI is InChI=1S/C4H11N3O2S.ClH/c5-10(8,9)7-3-1-6-2-4-7;/h6H,1-4H2,(H2,5,8,9);1H. The number of nitrogens with zero attached hydrogens (tertiary/aromatic N) is 1. The number of hydrogen-bond donors (Lipinski definition) is 2. The molecule has 5 nitrogen and oxygen atoms in total. The van der Waals surface area contributed by atoms with Gasteiger partial charge in [-0.2, -0.15) is 12.7 Å². The van der Waals surface area contributed by atoms with E-state index >= 15 is 0 Å². The topological polar surface area (TPSA) is 75.4 Å². The Hall–Kier alpha value is 0.120. The number of nitrogens with two attached hydrogens (primary N) is 1. The van der Waals surface area contributed by atoms with E-state index in [4.69, 9.17) is 5.14 Å². The van der Waals surface area contributed by atoms with Crippen LogP contribution in [0.2, 0.25) is 0 Å². The van der Waals surface area contributed by atoms with Crippen LogP contribution in [0.1, 0.15) is 0 Å². The molecule has 1 aliphatic heterocycles. The summed E-state index contributed by atoms with van der Waals surface area (Å²) in [6, 6.07) is 0. The molecule has 0 aromatic rings. The number of nitrogens with one attached hydrogen (secondary N) is 1. The molecule has 1 saturated heterocycles. The zero-order valence-corrected chi connectivity index (χ0v) is 7.62. The molecular formula is C4H12ClN3O2S. The lowest BCUT2D eigenvalue weighted by atomic mass is 10.4. The van der Waals surface area contributed by atoms with Crippen LogP contribution in [0.15, 0.2) is 0 Å². The van der Waals surface area contributed by atoms with Gasteiger partial charge in [0.1, 0.15) is 0 Å². The molecule has 7 heteroatoms. The maximum atomic E-state index is 10.7. The third kappa shape index (κ3) is 3.35. The highest BCUT2D eigenvalue weighted by atomic mass is 35.5. The molecule has 0 spiro atoms. The molecule has 1 rings (SSSR count). The Morgan fingerprint density at radius 1 is 1.27 bits per heavy atom. The molecule has 1 fully saturated rings. The quantitative estimate of drug-likeness (QED) is 0.543. The second-order valence-corrected chi connectivity index (χ2v) is 3.74. The summed E-state index contributed by atoms with van der Waals surface area (Å²) < 4.78 is 22.6. The minimum absolute atomic E-state index is 0. The van der Waals surface area contributed by atoms with E-state index in [9.17, 15) is 8.42 Å². The molecule has 0 aromatic heterocycles. The summed E-state index contributed by atoms with van der Waals surface area (Å²) in [6.45, 7) is 2.35. The molecule has 0 bridgehead atoms. The van der Waals surface area contributed by atoms with Crippen LogP contribution in [-0.4, -0.2) is 38.9 Å². The van der Waals surface area contributed by atoms with Crippen molar-refractivity contribution in [3.8, 4) is 0 Å². The van der Waals surface area contributed by atoms with Crippen molar-refractivity contribution < 1.29 is 8.42 Å². The Morgan fingerprint density at radius 3 is 2.00 bits per heavy atom. The van der Waals surface area contributed by atoms with Crippen molar-refractivity contribution in [2.45, 2.75) is 0 Å². The van der Waals surface area contributed by atoms with Crippen LogP contribution < -0.4 is 10.5 Å². The van der Waals surface area contributed by atoms with Gasteiger partial charge >= 0.3 is 0 Å². The summed E-state index contributed by atoms with van der Waals surface area (Å²) in [7, 11) is -3.43. The number of hydrogen-bond acceptors (Lipinski definition) is 3. The summed E-state index contributed by atoms with van der Waals surface area (Å²) in [5.74, 6) is 0. The van der Waals surface area contributed by atoms with Gasteiger partial charge in [-0.1, -0.05) is 0 Å². The first kappa shape index (κ1) is 11.1. The van der Waals surface area contributed by atoms with E-state index in [0.717, 1.165) is 0 Å². The van der Waals surface area contributed by atoms with E-state index in [2.05, 4.69) is 5.32 Å². The van der Waals surface area contributed by atoms with Crippen molar-refractivity contribution >= 4 is 22.6 Å². The van der Waals surface area contributed by atoms with Crippen LogP contribution in [0.25, 0.3) is 0 Å². The van der Waals surface area contributed by atoms with Gasteiger partial charge in [-0.25, -0.2) is 5.14 Å². The predicted molar refractivity (Wildman–Crippen MR) is 44.8 cm³/mol. The highest BCUT2D eigenvalue weighted by molar-refractivity contribution is 7.86. The fourth-order valence-electron chi connectivity index (χ4n) is 0.899. The molecule has 68 valence electrons. The first-order chi connectivity index (χ1) is 4.61. The Kier molecular flexibility index (Phi) is 4.27. The van der Waals surface area contributed by atoms with Crippen LogP contribution in [0.5, 0.6) is 0 Å². The first-order valence-corrected chi connectivity index (χ1v) is 4.59. The fraction of sp³-hybridized carbons (Fsp3) is 1.00. The molecule has 0 aromatic carbocycles. The number of piperazine rings is 1. The van der Waals surface area contributed by atoms with Gasteiger partial charge < -0.3 is 5.32 Å². The van der Waals surface area contributed by atoms with Crippen molar-refractivity contribution in [1.29, 1.82) is 0 Å². The minimum Gasteiger partial charge on any atom is -0.314 e. The van der Waals surface area contributed by atoms with E-state index < -0.39 is 10.2 Å². The summed E-state index contributed by atoms with van der Waals surface area (Å²) in [4.78, 5) is 0. The third-order valence-corrected chi connectivity index (χ3v) is 2.52. The van der Waals surface area contributed by atoms with Crippen LogP contribution in [0.3, 0.4) is 0 Å². The Bertz CT molecular complexity index is 199. The van der Waals surface area contributed by atoms with E-state index in [1.165, 1.54) is 4.31 Å². The lowest BCUT2D eigenvalue weighted by Gasteiger charge is -2.24. The lowest BCUT2D eigenvalue weighted by Crippen LogP contribution is -2.48. The molecule has 3 N–H and O–H groups in total. The van der Waals surface area contributed by atoms with Gasteiger partial charge in [-0.15, -0.1) is 12.4 Å². The van der Waals surface area contributed by atoms with Gasteiger partial charge in [0.25, 0.3) is 10.2 Å². The second-order valence-electron chi connectivity index (χ2n) is 2.19. The van der Waals surface area contributed by atoms with Crippen molar-refractivity contribution in [2.24, 2.45) is 5.14 Å². The van der Waals surface area contributed by atoms with Gasteiger partial charge in [0.15, 0.2) is 0 Å². The predicted octanol–water partition coefficient (Wildman–Crippen LogP) is -1.48. The average Bonchev–Trinajstić information content (AvgIpc) is 1.88. The third-order valence-electron chi connectivity index (χ3n) is 1.44. The highest BCUT2D eigenvalue weighted by Gasteiger charge is 2.18. The van der Waals surface area contributed by atoms with Gasteiger partial charge in [-0.3, -0.25) is 0 Å². The summed E-state index contributed by atoms with van der Waals surface area (Å²) >= 11 is 0. The van der Waals surface area contributed by atoms with Crippen LogP contribution in [0.4, 0.5) is 0 Å². The average molecular weight is 202 g/mol. The Labute approximate surface area is 72.5 Å². The van der Waals surface area contributed by atoms with Gasteiger partial charge in [0.2, 0.25) is 0 Å². The molecule has 0 unspecified atom stereocenters. The Balaban J connectivity index is 0.000001000. The van der Waals surface area contributed by atoms with Crippen molar-refractivity contribution in [3.63, 3.8) is 0 Å². The highest BCUT2D eigenvalue weighted by Crippen LogP contribution is 1.95. The number of rotatable bonds is 1. The second kappa shape index (κ2) is 4.22. The van der Waals surface area contributed by atoms with E-state index in [0.29, 0.717) is 26.2 Å². The first-order valence-electron chi connectivity index (χ1n) is 3.09. The zero-order chi connectivity index (χ0) is 7.61. The molecular weight excluding hydrogens is 190 g/mol. The molecule has 0 amide bonds. The molecule has 11 heavy (non-hydrogen) atoms. The largest absolute Gasteiger partial charge is 0.314 e. The molecule has 1 aliphatic rings. The van der Waals surface area contributed by atoms with Crippen LogP contribution in [-0.2, 0) is 10.2 Å². The summed E-state index contributed by atoms with van der Waals surface area (Å²) in [5, 5.41) is 7.91. The van der Waals surface area contributed by atoms with E-state index in [1.54, 1.807) is 0 Å². The van der Waals surface area contributed by atoms with Crippen molar-refractivity contribution in [3.05, 3.63) is 0 Å². The molecule has 1 heterocycles. The van der Waals surface area contributed by atoms with Crippen LogP contribution >= 0.6 is 12.4 Å². The van der Waals surface area contributed by atoms with Gasteiger partial charge in [0, 0.05) is 26.2 Å². The molecule has 0 aliphatic carbocycles. The minimum atomic E-state index is -3.43. The van der Waals surface area contributed by atoms with Crippen molar-refractivity contribution in [2.75, 3.05) is 26.2 Å². The van der Waals surface area contributed by atoms with Crippen LogP contribution in [0, 0.1) is 0 Å². The number of halogens is 1. The summed E-state index contributed by atoms with van der Waals surface area (Å²) in [5.41, 5.74) is 0. The molecule has 0 atom stereocenters. The Morgan fingerprint density at radius 2 is 1.73 bits per heavy atom. The van der Waals surface area contributed by atoms with E-state index in [1.807, 2.05) is 0 Å². The maximum Gasteiger partial charge on any atom is 0.276 e. The zero-order valence-electron chi connectivity index (χ0n) is 5.99. The molecule has 0 saturated carbocycles. The SMILES string of the molecule is Cl.NS(=O)(=O)N1CCNCC1. The maximum absolute atomic E-state index is 10.7. The lowest BCUT2D eigenvalue weighted by molar-refractivity contribution is 0.360. The monoisotopic (exact) mass is 201 g/mol. The fourth-order valence-corrected chi connectivity index (χ4v) is 1.59. The van der Waals surface area contributed by atoms with E-state index in [-0.39, 0.29) is 12.4 Å². The smallest absolute Gasteiger partial charge is 0.276 e. The molecule has 0 radical (unpaired) electrons. The van der Waals surface area contributed by atoms with Gasteiger partial charge in [-0.05, 0) is 0 Å². The normalized spacial score (nSPS) is 20.8. The van der Waals surface area contributed by atoms with Gasteiger partial charge in [0.05, 0.1) is 0 Å². The van der Waals surface area contributed by atoms with Crippen molar-refractivity contribution in [1.82, 2.24) is 9.62 Å². The summed E-state index contributed by atoms with van der Waals surface area (Å²) in [6.07, 6.45) is 0.